The number of thioether (sulfide) groups is 1. The smallest absolute Gasteiger partial charge is 0.329 e. The van der Waals surface area contributed by atoms with E-state index < -0.39 is 26.6 Å². The summed E-state index contributed by atoms with van der Waals surface area (Å²) in [6, 6.07) is 6.17. The molecule has 25 heavy (non-hydrogen) atoms. The Morgan fingerprint density at radius 1 is 1.20 bits per heavy atom. The highest BCUT2D eigenvalue weighted by Crippen LogP contribution is 2.27. The Morgan fingerprint density at radius 3 is 2.24 bits per heavy atom. The van der Waals surface area contributed by atoms with Gasteiger partial charge in [0.15, 0.2) is 9.84 Å². The highest BCUT2D eigenvalue weighted by molar-refractivity contribution is 7.99. The van der Waals surface area contributed by atoms with Crippen molar-refractivity contribution < 1.29 is 23.1 Å². The van der Waals surface area contributed by atoms with Crippen LogP contribution in [0.5, 0.6) is 0 Å². The van der Waals surface area contributed by atoms with Gasteiger partial charge < -0.3 is 10.4 Å². The van der Waals surface area contributed by atoms with Crippen molar-refractivity contribution in [1.82, 2.24) is 5.32 Å². The Morgan fingerprint density at radius 2 is 1.76 bits per heavy atom. The van der Waals surface area contributed by atoms with Gasteiger partial charge in [-0.15, -0.1) is 0 Å². The zero-order chi connectivity index (χ0) is 18.7. The van der Waals surface area contributed by atoms with Crippen molar-refractivity contribution in [3.63, 3.8) is 0 Å². The van der Waals surface area contributed by atoms with Gasteiger partial charge in [0.1, 0.15) is 5.54 Å². The van der Waals surface area contributed by atoms with Crippen molar-refractivity contribution in [3.8, 4) is 0 Å². The molecule has 0 saturated carbocycles. The molecule has 0 atom stereocenters. The average Bonchev–Trinajstić information content (AvgIpc) is 2.55. The predicted molar refractivity (Wildman–Crippen MR) is 97.5 cm³/mol. The van der Waals surface area contributed by atoms with Gasteiger partial charge in [-0.2, -0.15) is 11.8 Å². The first-order valence-electron chi connectivity index (χ1n) is 8.12. The lowest BCUT2D eigenvalue weighted by molar-refractivity contribution is -0.148. The molecule has 138 valence electrons. The minimum atomic E-state index is -3.35. The van der Waals surface area contributed by atoms with E-state index in [1.54, 1.807) is 37.7 Å². The fraction of sp³-hybridized carbons (Fsp3) is 0.529. The molecule has 2 N–H and O–H groups in total. The van der Waals surface area contributed by atoms with Gasteiger partial charge in [-0.3, -0.25) is 4.79 Å². The predicted octanol–water partition coefficient (Wildman–Crippen LogP) is 1.88. The third-order valence-corrected chi connectivity index (χ3v) is 7.53. The maximum Gasteiger partial charge on any atom is 0.329 e. The molecule has 1 saturated heterocycles. The lowest BCUT2D eigenvalue weighted by atomic mass is 9.92. The zero-order valence-corrected chi connectivity index (χ0v) is 16.0. The molecule has 1 aliphatic rings. The van der Waals surface area contributed by atoms with Gasteiger partial charge in [-0.25, -0.2) is 13.2 Å². The molecule has 2 rings (SSSR count). The third kappa shape index (κ3) is 4.55. The number of carbonyl (C=O) groups is 2. The second-order valence-electron chi connectivity index (χ2n) is 6.46. The van der Waals surface area contributed by atoms with E-state index in [0.717, 1.165) is 0 Å². The van der Waals surface area contributed by atoms with Crippen molar-refractivity contribution in [2.75, 3.05) is 11.5 Å². The Hall–Kier alpha value is -1.54. The van der Waals surface area contributed by atoms with E-state index >= 15 is 0 Å². The first kappa shape index (κ1) is 19.8. The Balaban J connectivity index is 2.07. The van der Waals surface area contributed by atoms with Crippen molar-refractivity contribution in [3.05, 3.63) is 29.8 Å². The first-order valence-corrected chi connectivity index (χ1v) is 10.8. The molecule has 8 heteroatoms. The molecule has 0 aliphatic carbocycles. The monoisotopic (exact) mass is 385 g/mol. The molecule has 6 nitrogen and oxygen atoms in total. The fourth-order valence-electron chi connectivity index (χ4n) is 2.68. The molecule has 0 aromatic heterocycles. The minimum absolute atomic E-state index is 0.0180. The number of carboxylic acids is 1. The van der Waals surface area contributed by atoms with Crippen LogP contribution in [-0.4, -0.2) is 47.7 Å². The summed E-state index contributed by atoms with van der Waals surface area (Å²) in [5.74, 6) is 0.0381. The molecule has 1 heterocycles. The highest BCUT2D eigenvalue weighted by atomic mass is 32.2. The lowest BCUT2D eigenvalue weighted by Crippen LogP contribution is -2.56. The van der Waals surface area contributed by atoms with Crippen LogP contribution in [0.1, 0.15) is 32.3 Å². The highest BCUT2D eigenvalue weighted by Gasteiger charge is 2.41. The third-order valence-electron chi connectivity index (χ3n) is 4.37. The second-order valence-corrected chi connectivity index (χ2v) is 10.2. The van der Waals surface area contributed by atoms with Crippen molar-refractivity contribution >= 4 is 33.5 Å². The topological polar surface area (TPSA) is 101 Å². The number of carbonyl (C=O) groups excluding carboxylic acids is 1. The van der Waals surface area contributed by atoms with E-state index in [-0.39, 0.29) is 17.2 Å². The number of nitrogens with one attached hydrogen (secondary N) is 1. The van der Waals surface area contributed by atoms with Crippen molar-refractivity contribution in [2.24, 2.45) is 0 Å². The van der Waals surface area contributed by atoms with E-state index in [1.807, 2.05) is 0 Å². The summed E-state index contributed by atoms with van der Waals surface area (Å²) < 4.78 is 24.2. The number of hydrogen-bond donors (Lipinski definition) is 2. The largest absolute Gasteiger partial charge is 0.480 e. The van der Waals surface area contributed by atoms with E-state index in [1.165, 1.54) is 12.1 Å². The van der Waals surface area contributed by atoms with E-state index in [2.05, 4.69) is 5.32 Å². The van der Waals surface area contributed by atoms with Crippen LogP contribution in [0.4, 0.5) is 0 Å². The average molecular weight is 386 g/mol. The standard InChI is InChI=1S/C17H23NO5S2/c1-12(2)25(22,23)14-5-3-13(4-6-14)11-15(19)18-17(16(20)21)7-9-24-10-8-17/h3-6,12H,7-11H2,1-2H3,(H,18,19)(H,20,21). The molecule has 0 bridgehead atoms. The van der Waals surface area contributed by atoms with Crippen LogP contribution in [0.25, 0.3) is 0 Å². The van der Waals surface area contributed by atoms with Gasteiger partial charge in [0.25, 0.3) is 0 Å². The molecular formula is C17H23NO5S2. The van der Waals surface area contributed by atoms with Gasteiger partial charge in [-0.1, -0.05) is 12.1 Å². The number of sulfone groups is 1. The van der Waals surface area contributed by atoms with Crippen LogP contribution in [0.3, 0.4) is 0 Å². The minimum Gasteiger partial charge on any atom is -0.480 e. The Kier molecular flexibility index (Phi) is 6.16. The zero-order valence-electron chi connectivity index (χ0n) is 14.3. The van der Waals surface area contributed by atoms with Gasteiger partial charge >= 0.3 is 5.97 Å². The van der Waals surface area contributed by atoms with E-state index in [0.29, 0.717) is 29.9 Å². The summed E-state index contributed by atoms with van der Waals surface area (Å²) >= 11 is 1.68. The molecule has 1 fully saturated rings. The summed E-state index contributed by atoms with van der Waals surface area (Å²) in [7, 11) is -3.35. The SMILES string of the molecule is CC(C)S(=O)(=O)c1ccc(CC(=O)NC2(C(=O)O)CCSCC2)cc1. The van der Waals surface area contributed by atoms with Gasteiger partial charge in [0, 0.05) is 0 Å². The molecule has 0 unspecified atom stereocenters. The number of hydrogen-bond acceptors (Lipinski definition) is 5. The first-order chi connectivity index (χ1) is 11.7. The van der Waals surface area contributed by atoms with Gasteiger partial charge in [0.2, 0.25) is 5.91 Å². The van der Waals surface area contributed by atoms with Crippen LogP contribution >= 0.6 is 11.8 Å². The van der Waals surface area contributed by atoms with Crippen LogP contribution in [0.2, 0.25) is 0 Å². The fourth-order valence-corrected chi connectivity index (χ4v) is 4.93. The van der Waals surface area contributed by atoms with Crippen LogP contribution in [0, 0.1) is 0 Å². The Labute approximate surface area is 152 Å². The van der Waals surface area contributed by atoms with Crippen molar-refractivity contribution in [2.45, 2.75) is 48.8 Å². The van der Waals surface area contributed by atoms with E-state index in [4.69, 9.17) is 0 Å². The number of carboxylic acid groups (broad SMARTS) is 1. The van der Waals surface area contributed by atoms with Crippen LogP contribution in [-0.2, 0) is 25.8 Å². The number of amides is 1. The molecule has 1 aromatic carbocycles. The molecular weight excluding hydrogens is 362 g/mol. The number of rotatable bonds is 6. The normalized spacial score (nSPS) is 17.2. The van der Waals surface area contributed by atoms with Crippen LogP contribution < -0.4 is 5.32 Å². The lowest BCUT2D eigenvalue weighted by Gasteiger charge is -2.33. The summed E-state index contributed by atoms with van der Waals surface area (Å²) in [4.78, 5) is 24.1. The second kappa shape index (κ2) is 7.78. The maximum absolute atomic E-state index is 12.3. The summed E-state index contributed by atoms with van der Waals surface area (Å²) in [5, 5.41) is 11.7. The van der Waals surface area contributed by atoms with Crippen molar-refractivity contribution in [1.29, 1.82) is 0 Å². The molecule has 1 aromatic rings. The quantitative estimate of drug-likeness (QED) is 0.775. The molecule has 1 amide bonds. The van der Waals surface area contributed by atoms with Gasteiger partial charge in [-0.05, 0) is 55.9 Å². The summed E-state index contributed by atoms with van der Waals surface area (Å²) in [6.45, 7) is 3.23. The van der Waals surface area contributed by atoms with Crippen LogP contribution in [0.15, 0.2) is 29.2 Å². The summed E-state index contributed by atoms with van der Waals surface area (Å²) in [5.41, 5.74) is -0.547. The number of aliphatic carboxylic acids is 1. The van der Waals surface area contributed by atoms with E-state index in [9.17, 15) is 23.1 Å². The summed E-state index contributed by atoms with van der Waals surface area (Å²) in [6.07, 6.45) is 0.832. The maximum atomic E-state index is 12.3. The molecule has 0 spiro atoms. The molecule has 1 aliphatic heterocycles. The number of benzene rings is 1. The molecule has 0 radical (unpaired) electrons. The Bertz CT molecular complexity index is 735. The van der Waals surface area contributed by atoms with Gasteiger partial charge in [0.05, 0.1) is 16.6 Å².